The Kier molecular flexibility index (Phi) is 6.53. The van der Waals surface area contributed by atoms with Gasteiger partial charge in [0, 0.05) is 16.4 Å². The van der Waals surface area contributed by atoms with Gasteiger partial charge in [-0.2, -0.15) is 8.78 Å². The minimum atomic E-state index is -3.94. The number of halogens is 3. The zero-order valence-electron chi connectivity index (χ0n) is 15.2. The monoisotopic (exact) mass is 452 g/mol. The fraction of sp³-hybridized carbons (Fsp3) is 0.0500. The van der Waals surface area contributed by atoms with Crippen LogP contribution in [0.2, 0.25) is 5.02 Å². The van der Waals surface area contributed by atoms with Gasteiger partial charge in [0.25, 0.3) is 15.9 Å². The number of para-hydroxylation sites is 1. The highest BCUT2D eigenvalue weighted by atomic mass is 35.5. The molecule has 0 bridgehead atoms. The highest BCUT2D eigenvalue weighted by molar-refractivity contribution is 7.92. The third kappa shape index (κ3) is 5.46. The van der Waals surface area contributed by atoms with Crippen molar-refractivity contribution in [1.82, 2.24) is 0 Å². The normalized spacial score (nSPS) is 11.2. The number of hydrogen-bond donors (Lipinski definition) is 2. The number of nitrogens with one attached hydrogen (secondary N) is 2. The molecule has 0 aliphatic carbocycles. The van der Waals surface area contributed by atoms with Crippen LogP contribution < -0.4 is 14.8 Å². The van der Waals surface area contributed by atoms with E-state index < -0.39 is 22.5 Å². The van der Waals surface area contributed by atoms with E-state index in [4.69, 9.17) is 11.6 Å². The van der Waals surface area contributed by atoms with Gasteiger partial charge in [0.2, 0.25) is 0 Å². The van der Waals surface area contributed by atoms with Crippen LogP contribution >= 0.6 is 11.6 Å². The van der Waals surface area contributed by atoms with Gasteiger partial charge in [-0.15, -0.1) is 0 Å². The van der Waals surface area contributed by atoms with E-state index >= 15 is 0 Å². The van der Waals surface area contributed by atoms with Crippen molar-refractivity contribution in [3.8, 4) is 5.75 Å². The topological polar surface area (TPSA) is 84.5 Å². The van der Waals surface area contributed by atoms with Crippen molar-refractivity contribution in [3.05, 3.63) is 83.4 Å². The fourth-order valence-electron chi connectivity index (χ4n) is 2.52. The third-order valence-electron chi connectivity index (χ3n) is 3.85. The number of amides is 1. The maximum Gasteiger partial charge on any atom is 0.387 e. The molecular weight excluding hydrogens is 438 g/mol. The van der Waals surface area contributed by atoms with E-state index in [-0.39, 0.29) is 21.9 Å². The molecule has 0 aliphatic heterocycles. The molecule has 0 heterocycles. The van der Waals surface area contributed by atoms with Crippen molar-refractivity contribution < 1.29 is 26.7 Å². The number of hydrogen-bond acceptors (Lipinski definition) is 4. The van der Waals surface area contributed by atoms with Crippen LogP contribution in [0.5, 0.6) is 5.75 Å². The van der Waals surface area contributed by atoms with E-state index in [0.29, 0.717) is 10.7 Å². The van der Waals surface area contributed by atoms with E-state index in [1.54, 1.807) is 0 Å². The summed E-state index contributed by atoms with van der Waals surface area (Å²) in [4.78, 5) is 12.4. The zero-order valence-corrected chi connectivity index (χ0v) is 16.8. The maximum atomic E-state index is 12.6. The molecule has 156 valence electrons. The van der Waals surface area contributed by atoms with Crippen LogP contribution in [0.3, 0.4) is 0 Å². The quantitative estimate of drug-likeness (QED) is 0.528. The Hall–Kier alpha value is -3.17. The smallest absolute Gasteiger partial charge is 0.387 e. The molecule has 6 nitrogen and oxygen atoms in total. The van der Waals surface area contributed by atoms with E-state index in [0.717, 1.165) is 0 Å². The molecule has 0 unspecified atom stereocenters. The molecule has 0 aromatic heterocycles. The summed E-state index contributed by atoms with van der Waals surface area (Å²) >= 11 is 5.79. The molecule has 10 heteroatoms. The predicted molar refractivity (Wildman–Crippen MR) is 110 cm³/mol. The molecule has 0 aliphatic rings. The average molecular weight is 453 g/mol. The minimum Gasteiger partial charge on any atom is -0.434 e. The Morgan fingerprint density at radius 1 is 0.933 bits per heavy atom. The molecule has 1 amide bonds. The summed E-state index contributed by atoms with van der Waals surface area (Å²) in [6.07, 6.45) is 0. The largest absolute Gasteiger partial charge is 0.434 e. The number of benzene rings is 3. The average Bonchev–Trinajstić information content (AvgIpc) is 2.70. The number of rotatable bonds is 7. The molecule has 2 N–H and O–H groups in total. The second kappa shape index (κ2) is 9.10. The lowest BCUT2D eigenvalue weighted by molar-refractivity contribution is -0.0501. The molecule has 3 aromatic rings. The summed E-state index contributed by atoms with van der Waals surface area (Å²) in [5, 5.41) is 2.94. The number of sulfonamides is 1. The number of carbonyl (C=O) groups is 1. The Morgan fingerprint density at radius 2 is 1.63 bits per heavy atom. The molecule has 0 radical (unpaired) electrons. The zero-order chi connectivity index (χ0) is 21.7. The fourth-order valence-corrected chi connectivity index (χ4v) is 3.75. The highest BCUT2D eigenvalue weighted by Crippen LogP contribution is 2.24. The van der Waals surface area contributed by atoms with Crippen LogP contribution in [0.4, 0.5) is 20.2 Å². The minimum absolute atomic E-state index is 0.104. The van der Waals surface area contributed by atoms with Crippen LogP contribution in [-0.4, -0.2) is 20.9 Å². The molecule has 0 spiro atoms. The summed E-state index contributed by atoms with van der Waals surface area (Å²) in [5.41, 5.74) is 0.350. The molecule has 0 saturated carbocycles. The Bertz CT molecular complexity index is 1160. The van der Waals surface area contributed by atoms with Crippen LogP contribution in [0.25, 0.3) is 0 Å². The molecule has 30 heavy (non-hydrogen) atoms. The number of carbonyl (C=O) groups excluding carboxylic acids is 1. The second-order valence-electron chi connectivity index (χ2n) is 5.97. The van der Waals surface area contributed by atoms with Gasteiger partial charge in [-0.25, -0.2) is 8.42 Å². The number of ether oxygens (including phenoxy) is 1. The summed E-state index contributed by atoms with van der Waals surface area (Å²) in [6.45, 7) is -3.09. The van der Waals surface area contributed by atoms with Crippen LogP contribution in [0.1, 0.15) is 10.4 Å². The van der Waals surface area contributed by atoms with Crippen molar-refractivity contribution in [2.45, 2.75) is 11.5 Å². The Labute approximate surface area is 176 Å². The summed E-state index contributed by atoms with van der Waals surface area (Å²) in [7, 11) is -3.94. The van der Waals surface area contributed by atoms with E-state index in [1.807, 2.05) is 0 Å². The SMILES string of the molecule is O=C(Nc1cccc(S(=O)(=O)Nc2ccc(Cl)cc2)c1)c1ccccc1OC(F)F. The molecular formula is C20H15ClF2N2O4S. The lowest BCUT2D eigenvalue weighted by atomic mass is 10.2. The second-order valence-corrected chi connectivity index (χ2v) is 8.09. The first-order valence-electron chi connectivity index (χ1n) is 8.48. The lowest BCUT2D eigenvalue weighted by Gasteiger charge is -2.12. The molecule has 0 saturated heterocycles. The van der Waals surface area contributed by atoms with Gasteiger partial charge < -0.3 is 10.1 Å². The predicted octanol–water partition coefficient (Wildman–Crippen LogP) is 4.99. The molecule has 3 rings (SSSR count). The standard InChI is InChI=1S/C20H15ClF2N2O4S/c21-13-8-10-14(11-9-13)25-30(27,28)16-5-3-4-15(12-16)24-19(26)17-6-1-2-7-18(17)29-20(22)23/h1-12,20,25H,(H,24,26). The van der Waals surface area contributed by atoms with Gasteiger partial charge in [0.15, 0.2) is 0 Å². The highest BCUT2D eigenvalue weighted by Gasteiger charge is 2.18. The number of alkyl halides is 2. The van der Waals surface area contributed by atoms with Gasteiger partial charge in [-0.05, 0) is 54.6 Å². The van der Waals surface area contributed by atoms with Gasteiger partial charge in [-0.3, -0.25) is 9.52 Å². The summed E-state index contributed by atoms with van der Waals surface area (Å²) < 4.78 is 57.1. The first-order valence-corrected chi connectivity index (χ1v) is 10.3. The molecule has 3 aromatic carbocycles. The lowest BCUT2D eigenvalue weighted by Crippen LogP contribution is -2.16. The number of anilines is 2. The Morgan fingerprint density at radius 3 is 2.33 bits per heavy atom. The van der Waals surface area contributed by atoms with Crippen molar-refractivity contribution in [1.29, 1.82) is 0 Å². The van der Waals surface area contributed by atoms with Gasteiger partial charge in [-0.1, -0.05) is 29.8 Å². The van der Waals surface area contributed by atoms with Crippen molar-refractivity contribution in [2.75, 3.05) is 10.0 Å². The first kappa shape index (κ1) is 21.5. The van der Waals surface area contributed by atoms with Crippen molar-refractivity contribution in [2.24, 2.45) is 0 Å². The van der Waals surface area contributed by atoms with E-state index in [1.165, 1.54) is 72.8 Å². The Balaban J connectivity index is 1.80. The van der Waals surface area contributed by atoms with E-state index in [9.17, 15) is 22.0 Å². The molecule has 0 fully saturated rings. The van der Waals surface area contributed by atoms with Crippen LogP contribution in [0, 0.1) is 0 Å². The van der Waals surface area contributed by atoms with Crippen LogP contribution in [0.15, 0.2) is 77.7 Å². The van der Waals surface area contributed by atoms with Gasteiger partial charge >= 0.3 is 6.61 Å². The summed E-state index contributed by atoms with van der Waals surface area (Å²) in [5.74, 6) is -1.02. The van der Waals surface area contributed by atoms with Crippen molar-refractivity contribution >= 4 is 38.9 Å². The molecule has 0 atom stereocenters. The van der Waals surface area contributed by atoms with E-state index in [2.05, 4.69) is 14.8 Å². The van der Waals surface area contributed by atoms with Gasteiger partial charge in [0.1, 0.15) is 5.75 Å². The first-order chi connectivity index (χ1) is 14.2. The van der Waals surface area contributed by atoms with Crippen LogP contribution in [-0.2, 0) is 10.0 Å². The van der Waals surface area contributed by atoms with Gasteiger partial charge in [0.05, 0.1) is 10.5 Å². The maximum absolute atomic E-state index is 12.6. The third-order valence-corrected chi connectivity index (χ3v) is 5.48. The summed E-state index contributed by atoms with van der Waals surface area (Å²) in [6, 6.07) is 17.1. The van der Waals surface area contributed by atoms with Crippen molar-refractivity contribution in [3.63, 3.8) is 0 Å².